The number of fused-ring (bicyclic) bond motifs is 2. The fraction of sp³-hybridized carbons (Fsp3) is 0.211. The third-order valence-corrected chi connectivity index (χ3v) is 4.70. The van der Waals surface area contributed by atoms with Gasteiger partial charge in [0.1, 0.15) is 6.54 Å². The average Bonchev–Trinajstić information content (AvgIpc) is 2.63. The van der Waals surface area contributed by atoms with Crippen molar-refractivity contribution in [2.45, 2.75) is 5.92 Å². The van der Waals surface area contributed by atoms with Crippen LogP contribution in [0.15, 0.2) is 48.5 Å². The van der Waals surface area contributed by atoms with Crippen molar-refractivity contribution >= 4 is 29.1 Å². The minimum Gasteiger partial charge on any atom is -0.341 e. The molecule has 25 heavy (non-hydrogen) atoms. The van der Waals surface area contributed by atoms with E-state index in [4.69, 9.17) is 0 Å². The summed E-state index contributed by atoms with van der Waals surface area (Å²) < 4.78 is 0. The SMILES string of the molecule is CN1CC(C(=O)N2CC(=O)Nc3ccccc32)c2ccccc2C1=O. The van der Waals surface area contributed by atoms with Crippen LogP contribution in [0, 0.1) is 0 Å². The Labute approximate surface area is 145 Å². The van der Waals surface area contributed by atoms with Crippen LogP contribution in [0.25, 0.3) is 0 Å². The smallest absolute Gasteiger partial charge is 0.253 e. The molecule has 0 bridgehead atoms. The number of likely N-dealkylation sites (N-methyl/N-ethyl adjacent to an activating group) is 1. The summed E-state index contributed by atoms with van der Waals surface area (Å²) in [6, 6.07) is 14.4. The molecule has 1 N–H and O–H groups in total. The molecule has 6 heteroatoms. The zero-order valence-electron chi connectivity index (χ0n) is 13.7. The minimum atomic E-state index is -0.488. The van der Waals surface area contributed by atoms with Crippen molar-refractivity contribution in [3.8, 4) is 0 Å². The molecule has 0 aromatic heterocycles. The van der Waals surface area contributed by atoms with Gasteiger partial charge in [-0.1, -0.05) is 30.3 Å². The molecule has 0 saturated heterocycles. The predicted octanol–water partition coefficient (Wildman–Crippen LogP) is 1.84. The van der Waals surface area contributed by atoms with Gasteiger partial charge in [0.25, 0.3) is 5.91 Å². The molecule has 3 amide bonds. The van der Waals surface area contributed by atoms with Gasteiger partial charge in [-0.15, -0.1) is 0 Å². The summed E-state index contributed by atoms with van der Waals surface area (Å²) in [7, 11) is 1.69. The molecule has 1 atom stereocenters. The first kappa shape index (κ1) is 15.4. The molecule has 1 unspecified atom stereocenters. The largest absolute Gasteiger partial charge is 0.341 e. The average molecular weight is 335 g/mol. The maximum atomic E-state index is 13.3. The first-order valence-electron chi connectivity index (χ1n) is 8.11. The number of carbonyl (C=O) groups excluding carboxylic acids is 3. The van der Waals surface area contributed by atoms with E-state index < -0.39 is 5.92 Å². The number of amides is 3. The fourth-order valence-corrected chi connectivity index (χ4v) is 3.49. The van der Waals surface area contributed by atoms with Gasteiger partial charge in [0.05, 0.1) is 17.3 Å². The fourth-order valence-electron chi connectivity index (χ4n) is 3.49. The van der Waals surface area contributed by atoms with E-state index in [1.165, 1.54) is 4.90 Å². The molecular formula is C19H17N3O3. The van der Waals surface area contributed by atoms with E-state index in [0.29, 0.717) is 23.5 Å². The van der Waals surface area contributed by atoms with Gasteiger partial charge in [0.2, 0.25) is 11.8 Å². The van der Waals surface area contributed by atoms with E-state index >= 15 is 0 Å². The second-order valence-corrected chi connectivity index (χ2v) is 6.32. The molecule has 4 rings (SSSR count). The van der Waals surface area contributed by atoms with E-state index in [-0.39, 0.29) is 24.3 Å². The molecule has 0 fully saturated rings. The quantitative estimate of drug-likeness (QED) is 0.864. The molecule has 0 saturated carbocycles. The summed E-state index contributed by atoms with van der Waals surface area (Å²) in [6.07, 6.45) is 0. The summed E-state index contributed by atoms with van der Waals surface area (Å²) in [5.74, 6) is -0.969. The van der Waals surface area contributed by atoms with Crippen LogP contribution in [0.1, 0.15) is 21.8 Å². The Balaban J connectivity index is 1.76. The lowest BCUT2D eigenvalue weighted by atomic mass is 9.88. The molecule has 2 aromatic carbocycles. The van der Waals surface area contributed by atoms with Crippen LogP contribution in [-0.2, 0) is 9.59 Å². The van der Waals surface area contributed by atoms with Crippen LogP contribution in [0.4, 0.5) is 11.4 Å². The molecule has 2 aliphatic rings. The van der Waals surface area contributed by atoms with E-state index in [2.05, 4.69) is 5.32 Å². The van der Waals surface area contributed by atoms with Gasteiger partial charge in [0, 0.05) is 19.2 Å². The van der Waals surface area contributed by atoms with Crippen LogP contribution in [0.2, 0.25) is 0 Å². The molecule has 2 aliphatic heterocycles. The van der Waals surface area contributed by atoms with Gasteiger partial charge < -0.3 is 15.1 Å². The summed E-state index contributed by atoms with van der Waals surface area (Å²) in [4.78, 5) is 40.7. The van der Waals surface area contributed by atoms with E-state index in [9.17, 15) is 14.4 Å². The summed E-state index contributed by atoms with van der Waals surface area (Å²) in [5.41, 5.74) is 2.58. The van der Waals surface area contributed by atoms with Crippen molar-refractivity contribution in [3.63, 3.8) is 0 Å². The van der Waals surface area contributed by atoms with Gasteiger partial charge in [-0.2, -0.15) is 0 Å². The van der Waals surface area contributed by atoms with Crippen LogP contribution >= 0.6 is 0 Å². The highest BCUT2D eigenvalue weighted by atomic mass is 16.2. The highest BCUT2D eigenvalue weighted by molar-refractivity contribution is 6.12. The monoisotopic (exact) mass is 335 g/mol. The Bertz CT molecular complexity index is 893. The predicted molar refractivity (Wildman–Crippen MR) is 93.6 cm³/mol. The van der Waals surface area contributed by atoms with Crippen molar-refractivity contribution < 1.29 is 14.4 Å². The zero-order chi connectivity index (χ0) is 17.6. The Kier molecular flexibility index (Phi) is 3.53. The molecule has 2 heterocycles. The van der Waals surface area contributed by atoms with Crippen LogP contribution in [0.5, 0.6) is 0 Å². The maximum Gasteiger partial charge on any atom is 0.253 e. The minimum absolute atomic E-state index is 0.0217. The maximum absolute atomic E-state index is 13.3. The third-order valence-electron chi connectivity index (χ3n) is 4.70. The van der Waals surface area contributed by atoms with E-state index in [1.54, 1.807) is 30.1 Å². The summed E-state index contributed by atoms with van der Waals surface area (Å²) >= 11 is 0. The molecule has 2 aromatic rings. The normalized spacial score (nSPS) is 19.2. The Morgan fingerprint density at radius 2 is 1.80 bits per heavy atom. The number of anilines is 2. The number of benzene rings is 2. The zero-order valence-corrected chi connectivity index (χ0v) is 13.7. The second-order valence-electron chi connectivity index (χ2n) is 6.32. The second kappa shape index (κ2) is 5.73. The lowest BCUT2D eigenvalue weighted by molar-refractivity contribution is -0.123. The number of rotatable bonds is 1. The van der Waals surface area contributed by atoms with Gasteiger partial charge in [-0.3, -0.25) is 14.4 Å². The van der Waals surface area contributed by atoms with Gasteiger partial charge in [-0.25, -0.2) is 0 Å². The molecule has 0 aliphatic carbocycles. The molecule has 6 nitrogen and oxygen atoms in total. The van der Waals surface area contributed by atoms with Crippen molar-refractivity contribution in [1.29, 1.82) is 0 Å². The molecular weight excluding hydrogens is 318 g/mol. The van der Waals surface area contributed by atoms with Gasteiger partial charge >= 0.3 is 0 Å². The number of hydrogen-bond acceptors (Lipinski definition) is 3. The highest BCUT2D eigenvalue weighted by Crippen LogP contribution is 2.34. The van der Waals surface area contributed by atoms with Gasteiger partial charge in [0.15, 0.2) is 0 Å². The summed E-state index contributed by atoms with van der Waals surface area (Å²) in [5, 5.41) is 2.79. The lowest BCUT2D eigenvalue weighted by Gasteiger charge is -2.36. The number of nitrogens with zero attached hydrogens (tertiary/aromatic N) is 2. The number of para-hydroxylation sites is 2. The van der Waals surface area contributed by atoms with Crippen molar-refractivity contribution in [3.05, 3.63) is 59.7 Å². The first-order valence-corrected chi connectivity index (χ1v) is 8.11. The van der Waals surface area contributed by atoms with E-state index in [0.717, 1.165) is 5.56 Å². The van der Waals surface area contributed by atoms with E-state index in [1.807, 2.05) is 30.3 Å². The Hall–Kier alpha value is -3.15. The Morgan fingerprint density at radius 3 is 2.64 bits per heavy atom. The summed E-state index contributed by atoms with van der Waals surface area (Å²) in [6.45, 7) is 0.279. The third kappa shape index (κ3) is 2.46. The van der Waals surface area contributed by atoms with Crippen LogP contribution in [0.3, 0.4) is 0 Å². The molecule has 0 spiro atoms. The highest BCUT2D eigenvalue weighted by Gasteiger charge is 2.38. The van der Waals surface area contributed by atoms with Crippen LogP contribution in [-0.4, -0.2) is 42.8 Å². The Morgan fingerprint density at radius 1 is 1.08 bits per heavy atom. The van der Waals surface area contributed by atoms with Gasteiger partial charge in [-0.05, 0) is 23.8 Å². The van der Waals surface area contributed by atoms with Crippen molar-refractivity contribution in [2.24, 2.45) is 0 Å². The standard InChI is InChI=1S/C19H17N3O3/c1-21-10-14(12-6-2-3-7-13(12)18(21)24)19(25)22-11-17(23)20-15-8-4-5-9-16(15)22/h2-9,14H,10-11H2,1H3,(H,20,23). The number of hydrogen-bond donors (Lipinski definition) is 1. The van der Waals surface area contributed by atoms with Crippen LogP contribution < -0.4 is 10.2 Å². The number of carbonyl (C=O) groups is 3. The van der Waals surface area contributed by atoms with Crippen molar-refractivity contribution in [1.82, 2.24) is 4.90 Å². The molecule has 126 valence electrons. The first-order chi connectivity index (χ1) is 12.1. The lowest BCUT2D eigenvalue weighted by Crippen LogP contribution is -2.48. The topological polar surface area (TPSA) is 69.7 Å². The molecule has 0 radical (unpaired) electrons. The van der Waals surface area contributed by atoms with Crippen molar-refractivity contribution in [2.75, 3.05) is 30.4 Å². The number of nitrogens with one attached hydrogen (secondary N) is 1.